The standard InChI is InChI=1S/C10H10ClF3O/c1-5-3-7(6(2)8(11)4-5)9(15)10(12,13)14/h3-4,9,15H,1-2H3. The zero-order chi connectivity index (χ0) is 11.8. The van der Waals surface area contributed by atoms with Gasteiger partial charge in [0.1, 0.15) is 0 Å². The number of hydrogen-bond donors (Lipinski definition) is 1. The predicted molar refractivity (Wildman–Crippen MR) is 51.9 cm³/mol. The molecule has 1 unspecified atom stereocenters. The molecular weight excluding hydrogens is 229 g/mol. The molecule has 1 N–H and O–H groups in total. The highest BCUT2D eigenvalue weighted by atomic mass is 35.5. The van der Waals surface area contributed by atoms with Crippen molar-refractivity contribution in [2.24, 2.45) is 0 Å². The lowest BCUT2D eigenvalue weighted by atomic mass is 10.0. The highest BCUT2D eigenvalue weighted by molar-refractivity contribution is 6.31. The molecule has 0 radical (unpaired) electrons. The lowest BCUT2D eigenvalue weighted by molar-refractivity contribution is -0.206. The third-order valence-corrected chi connectivity index (χ3v) is 2.53. The zero-order valence-corrected chi connectivity index (χ0v) is 8.95. The van der Waals surface area contributed by atoms with E-state index < -0.39 is 12.3 Å². The number of rotatable bonds is 1. The van der Waals surface area contributed by atoms with Crippen LogP contribution in [0.4, 0.5) is 13.2 Å². The summed E-state index contributed by atoms with van der Waals surface area (Å²) < 4.78 is 36.9. The van der Waals surface area contributed by atoms with Crippen molar-refractivity contribution in [3.05, 3.63) is 33.8 Å². The molecule has 0 aromatic heterocycles. The second kappa shape index (κ2) is 4.02. The Morgan fingerprint density at radius 1 is 1.27 bits per heavy atom. The monoisotopic (exact) mass is 238 g/mol. The summed E-state index contributed by atoms with van der Waals surface area (Å²) in [5, 5.41) is 9.33. The van der Waals surface area contributed by atoms with Gasteiger partial charge < -0.3 is 5.11 Å². The minimum absolute atomic E-state index is 0.187. The summed E-state index contributed by atoms with van der Waals surface area (Å²) in [4.78, 5) is 0. The Balaban J connectivity index is 3.25. The Kier molecular flexibility index (Phi) is 3.31. The molecule has 15 heavy (non-hydrogen) atoms. The third kappa shape index (κ3) is 2.63. The molecule has 1 rings (SSSR count). The van der Waals surface area contributed by atoms with Crippen molar-refractivity contribution in [2.45, 2.75) is 26.1 Å². The number of alkyl halides is 3. The average Bonchev–Trinajstić information content (AvgIpc) is 2.08. The molecule has 0 heterocycles. The quantitative estimate of drug-likeness (QED) is 0.793. The van der Waals surface area contributed by atoms with Gasteiger partial charge in [0, 0.05) is 5.02 Å². The van der Waals surface area contributed by atoms with Gasteiger partial charge >= 0.3 is 6.18 Å². The Morgan fingerprint density at radius 2 is 1.80 bits per heavy atom. The van der Waals surface area contributed by atoms with Crippen LogP contribution in [0.15, 0.2) is 12.1 Å². The molecule has 0 aliphatic carbocycles. The zero-order valence-electron chi connectivity index (χ0n) is 8.19. The van der Waals surface area contributed by atoms with E-state index in [0.717, 1.165) is 0 Å². The van der Waals surface area contributed by atoms with Crippen molar-refractivity contribution in [3.63, 3.8) is 0 Å². The Labute approximate surface area is 90.5 Å². The maximum Gasteiger partial charge on any atom is 0.418 e. The van der Waals surface area contributed by atoms with E-state index in [1.165, 1.54) is 13.0 Å². The van der Waals surface area contributed by atoms with Crippen LogP contribution in [0, 0.1) is 13.8 Å². The molecule has 1 atom stereocenters. The number of halogens is 4. The van der Waals surface area contributed by atoms with Gasteiger partial charge in [-0.25, -0.2) is 0 Å². The molecule has 0 saturated heterocycles. The van der Waals surface area contributed by atoms with Gasteiger partial charge in [0.15, 0.2) is 6.10 Å². The van der Waals surface area contributed by atoms with Crippen molar-refractivity contribution in [2.75, 3.05) is 0 Å². The van der Waals surface area contributed by atoms with Gasteiger partial charge in [-0.1, -0.05) is 17.7 Å². The summed E-state index contributed by atoms with van der Waals surface area (Å²) in [6.45, 7) is 3.07. The lowest BCUT2D eigenvalue weighted by Crippen LogP contribution is -2.21. The van der Waals surface area contributed by atoms with Crippen molar-refractivity contribution >= 4 is 11.6 Å². The molecule has 0 fully saturated rings. The van der Waals surface area contributed by atoms with E-state index in [1.54, 1.807) is 13.0 Å². The van der Waals surface area contributed by atoms with Crippen LogP contribution in [0.3, 0.4) is 0 Å². The minimum Gasteiger partial charge on any atom is -0.379 e. The van der Waals surface area contributed by atoms with Crippen molar-refractivity contribution in [1.82, 2.24) is 0 Å². The predicted octanol–water partition coefficient (Wildman–Crippen LogP) is 3.55. The number of aliphatic hydroxyl groups excluding tert-OH is 1. The van der Waals surface area contributed by atoms with Gasteiger partial charge in [-0.2, -0.15) is 13.2 Å². The van der Waals surface area contributed by atoms with E-state index >= 15 is 0 Å². The maximum absolute atomic E-state index is 12.3. The molecule has 0 aliphatic rings. The molecule has 0 bridgehead atoms. The summed E-state index contributed by atoms with van der Waals surface area (Å²) in [5.41, 5.74) is 0.656. The summed E-state index contributed by atoms with van der Waals surface area (Å²) in [7, 11) is 0. The summed E-state index contributed by atoms with van der Waals surface area (Å²) in [6, 6.07) is 2.85. The Hall–Kier alpha value is -0.740. The van der Waals surface area contributed by atoms with E-state index in [0.29, 0.717) is 5.56 Å². The van der Waals surface area contributed by atoms with Gasteiger partial charge in [0.05, 0.1) is 0 Å². The smallest absolute Gasteiger partial charge is 0.379 e. The second-order valence-corrected chi connectivity index (χ2v) is 3.81. The summed E-state index contributed by atoms with van der Waals surface area (Å²) >= 11 is 5.73. The maximum atomic E-state index is 12.3. The van der Waals surface area contributed by atoms with E-state index in [2.05, 4.69) is 0 Å². The molecule has 5 heteroatoms. The molecule has 0 spiro atoms. The van der Waals surface area contributed by atoms with Crippen LogP contribution in [0.25, 0.3) is 0 Å². The molecule has 84 valence electrons. The third-order valence-electron chi connectivity index (χ3n) is 2.13. The van der Waals surface area contributed by atoms with E-state index in [-0.39, 0.29) is 16.1 Å². The van der Waals surface area contributed by atoms with E-state index in [4.69, 9.17) is 16.7 Å². The normalized spacial score (nSPS) is 14.1. The molecule has 1 aromatic carbocycles. The summed E-state index contributed by atoms with van der Waals surface area (Å²) in [5.74, 6) is 0. The lowest BCUT2D eigenvalue weighted by Gasteiger charge is -2.18. The van der Waals surface area contributed by atoms with Crippen LogP contribution in [-0.2, 0) is 0 Å². The summed E-state index contributed by atoms with van der Waals surface area (Å²) in [6.07, 6.45) is -7.14. The SMILES string of the molecule is Cc1cc(Cl)c(C)c(C(O)C(F)(F)F)c1. The molecule has 1 nitrogen and oxygen atoms in total. The second-order valence-electron chi connectivity index (χ2n) is 3.41. The molecule has 0 amide bonds. The average molecular weight is 239 g/mol. The Bertz CT molecular complexity index is 374. The van der Waals surface area contributed by atoms with E-state index in [9.17, 15) is 13.2 Å². The highest BCUT2D eigenvalue weighted by Gasteiger charge is 2.40. The Morgan fingerprint density at radius 3 is 2.27 bits per heavy atom. The van der Waals surface area contributed by atoms with Crippen molar-refractivity contribution in [1.29, 1.82) is 0 Å². The minimum atomic E-state index is -4.66. The van der Waals surface area contributed by atoms with Gasteiger partial charge in [-0.3, -0.25) is 0 Å². The van der Waals surface area contributed by atoms with Crippen LogP contribution >= 0.6 is 11.6 Å². The number of aliphatic hydroxyl groups is 1. The van der Waals surface area contributed by atoms with Gasteiger partial charge in [0.25, 0.3) is 0 Å². The largest absolute Gasteiger partial charge is 0.418 e. The molecule has 0 saturated carbocycles. The van der Waals surface area contributed by atoms with Crippen molar-refractivity contribution in [3.8, 4) is 0 Å². The number of benzene rings is 1. The molecular formula is C10H10ClF3O. The first-order valence-corrected chi connectivity index (χ1v) is 4.62. The first-order chi connectivity index (χ1) is 6.73. The van der Waals surface area contributed by atoms with E-state index in [1.807, 2.05) is 0 Å². The van der Waals surface area contributed by atoms with Crippen molar-refractivity contribution < 1.29 is 18.3 Å². The van der Waals surface area contributed by atoms with Crippen LogP contribution in [-0.4, -0.2) is 11.3 Å². The van der Waals surface area contributed by atoms with Gasteiger partial charge in [-0.05, 0) is 36.6 Å². The topological polar surface area (TPSA) is 20.2 Å². The number of hydrogen-bond acceptors (Lipinski definition) is 1. The van der Waals surface area contributed by atoms with Gasteiger partial charge in [-0.15, -0.1) is 0 Å². The van der Waals surface area contributed by atoms with Crippen LogP contribution in [0.5, 0.6) is 0 Å². The van der Waals surface area contributed by atoms with Crippen LogP contribution < -0.4 is 0 Å². The fraction of sp³-hybridized carbons (Fsp3) is 0.400. The van der Waals surface area contributed by atoms with Crippen LogP contribution in [0.2, 0.25) is 5.02 Å². The van der Waals surface area contributed by atoms with Crippen LogP contribution in [0.1, 0.15) is 22.8 Å². The molecule has 0 aliphatic heterocycles. The number of aryl methyl sites for hydroxylation is 1. The fourth-order valence-corrected chi connectivity index (χ4v) is 1.58. The van der Waals surface area contributed by atoms with Gasteiger partial charge in [0.2, 0.25) is 0 Å². The fourth-order valence-electron chi connectivity index (χ4n) is 1.30. The first-order valence-electron chi connectivity index (χ1n) is 4.25. The molecule has 1 aromatic rings. The highest BCUT2D eigenvalue weighted by Crippen LogP contribution is 2.36. The first kappa shape index (κ1) is 12.3.